The Morgan fingerprint density at radius 3 is 2.43 bits per heavy atom. The van der Waals surface area contributed by atoms with Crippen LogP contribution in [-0.4, -0.2) is 26.0 Å². The Balaban J connectivity index is 1.60. The molecule has 8 heteroatoms. The monoisotopic (exact) mass is 519 g/mol. The first-order valence-electron chi connectivity index (χ1n) is 11.5. The van der Waals surface area contributed by atoms with Gasteiger partial charge in [-0.1, -0.05) is 48.0 Å². The van der Waals surface area contributed by atoms with Gasteiger partial charge in [-0.2, -0.15) is 0 Å². The summed E-state index contributed by atoms with van der Waals surface area (Å²) < 4.78 is 29.9. The molecule has 3 aromatic rings. The van der Waals surface area contributed by atoms with E-state index < -0.39 is 11.9 Å². The Morgan fingerprint density at radius 1 is 1.05 bits per heavy atom. The minimum Gasteiger partial charge on any atom is -0.493 e. The first-order chi connectivity index (χ1) is 17.8. The van der Waals surface area contributed by atoms with Gasteiger partial charge in [0.25, 0.3) is 0 Å². The summed E-state index contributed by atoms with van der Waals surface area (Å²) >= 11 is 6.68. The van der Waals surface area contributed by atoms with Crippen molar-refractivity contribution in [1.82, 2.24) is 5.32 Å². The van der Waals surface area contributed by atoms with Gasteiger partial charge in [-0.05, 0) is 42.3 Å². The third kappa shape index (κ3) is 4.25. The summed E-state index contributed by atoms with van der Waals surface area (Å²) in [5.74, 6) is -1.20. The summed E-state index contributed by atoms with van der Waals surface area (Å²) in [5, 5.41) is 3.49. The Hall–Kier alpha value is -4.10. The highest BCUT2D eigenvalue weighted by molar-refractivity contribution is 6.32. The number of Topliss-reactive ketones (excluding diaryl/α,β-unsaturated/α-hetero) is 1. The highest BCUT2D eigenvalue weighted by atomic mass is 35.5. The molecule has 5 rings (SSSR count). The second-order valence-electron chi connectivity index (χ2n) is 8.70. The van der Waals surface area contributed by atoms with Gasteiger partial charge in [0.1, 0.15) is 12.4 Å². The Bertz CT molecular complexity index is 1490. The molecule has 0 fully saturated rings. The number of halogens is 2. The molecule has 1 heterocycles. The van der Waals surface area contributed by atoms with Gasteiger partial charge >= 0.3 is 5.97 Å². The van der Waals surface area contributed by atoms with Gasteiger partial charge in [0.05, 0.1) is 30.5 Å². The number of fused-ring (bicyclic) bond motifs is 2. The number of ketones is 1. The first-order valence-corrected chi connectivity index (χ1v) is 11.9. The molecule has 6 nitrogen and oxygen atoms in total. The fraction of sp³-hybridized carbons (Fsp3) is 0.172. The van der Waals surface area contributed by atoms with Gasteiger partial charge in [0.15, 0.2) is 17.3 Å². The van der Waals surface area contributed by atoms with E-state index in [0.717, 1.165) is 11.1 Å². The number of hydrogen-bond acceptors (Lipinski definition) is 6. The lowest BCUT2D eigenvalue weighted by molar-refractivity contribution is -0.136. The van der Waals surface area contributed by atoms with E-state index in [0.29, 0.717) is 45.2 Å². The lowest BCUT2D eigenvalue weighted by atomic mass is 9.79. The van der Waals surface area contributed by atoms with Crippen LogP contribution in [0.1, 0.15) is 39.9 Å². The van der Waals surface area contributed by atoms with E-state index in [1.54, 1.807) is 43.3 Å². The highest BCUT2D eigenvalue weighted by Gasteiger charge is 2.43. The molecule has 0 aromatic heterocycles. The molecule has 1 aliphatic carbocycles. The third-order valence-electron chi connectivity index (χ3n) is 6.54. The predicted molar refractivity (Wildman–Crippen MR) is 137 cm³/mol. The zero-order chi connectivity index (χ0) is 26.3. The number of rotatable bonds is 6. The molecule has 0 saturated carbocycles. The van der Waals surface area contributed by atoms with Gasteiger partial charge < -0.3 is 19.5 Å². The smallest absolute Gasteiger partial charge is 0.336 e. The molecule has 0 bridgehead atoms. The minimum absolute atomic E-state index is 0.137. The van der Waals surface area contributed by atoms with Crippen molar-refractivity contribution in [2.75, 3.05) is 14.2 Å². The standard InChI is InChI=1S/C29H23ClFNO5/c1-15-23(29(34)36-3)24(25-26(32-15)19-6-4-5-7-20(19)27(25)33)17-12-21(30)28(22(13-17)35-2)37-14-16-8-10-18(31)11-9-16/h4-13,24,32H,14H2,1-3H3/t24-/m1/s1. The van der Waals surface area contributed by atoms with Crippen molar-refractivity contribution in [1.29, 1.82) is 0 Å². The molecule has 3 aromatic carbocycles. The number of allylic oxidation sites excluding steroid dienone is 2. The van der Waals surface area contributed by atoms with Gasteiger partial charge in [-0.3, -0.25) is 4.79 Å². The van der Waals surface area contributed by atoms with Crippen molar-refractivity contribution in [2.45, 2.75) is 19.4 Å². The van der Waals surface area contributed by atoms with Crippen LogP contribution in [0.3, 0.4) is 0 Å². The minimum atomic E-state index is -0.749. The lowest BCUT2D eigenvalue weighted by Crippen LogP contribution is -2.29. The Labute approximate surface area is 218 Å². The van der Waals surface area contributed by atoms with E-state index >= 15 is 0 Å². The van der Waals surface area contributed by atoms with Gasteiger partial charge in [-0.25, -0.2) is 9.18 Å². The maximum absolute atomic E-state index is 13.6. The number of carbonyl (C=O) groups is 2. The summed E-state index contributed by atoms with van der Waals surface area (Å²) in [6, 6.07) is 16.6. The molecular formula is C29H23ClFNO5. The molecule has 1 atom stereocenters. The second-order valence-corrected chi connectivity index (χ2v) is 9.11. The van der Waals surface area contributed by atoms with E-state index in [4.69, 9.17) is 25.8 Å². The number of nitrogens with one attached hydrogen (secondary N) is 1. The summed E-state index contributed by atoms with van der Waals surface area (Å²) in [5.41, 5.74) is 4.62. The number of hydrogen-bond donors (Lipinski definition) is 1. The summed E-state index contributed by atoms with van der Waals surface area (Å²) in [4.78, 5) is 26.5. The van der Waals surface area contributed by atoms with E-state index in [1.165, 1.54) is 26.4 Å². The fourth-order valence-electron chi connectivity index (χ4n) is 4.83. The van der Waals surface area contributed by atoms with Crippen molar-refractivity contribution < 1.29 is 28.2 Å². The molecule has 1 N–H and O–H groups in total. The topological polar surface area (TPSA) is 73.9 Å². The van der Waals surface area contributed by atoms with Crippen molar-refractivity contribution in [3.05, 3.63) is 111 Å². The van der Waals surface area contributed by atoms with Crippen molar-refractivity contribution in [2.24, 2.45) is 0 Å². The van der Waals surface area contributed by atoms with E-state index in [9.17, 15) is 14.0 Å². The normalized spacial score (nSPS) is 16.2. The second kappa shape index (κ2) is 9.75. The SMILES string of the molecule is COC(=O)C1=C(C)NC2=C(C(=O)c3ccccc32)[C@@H]1c1cc(Cl)c(OCc2ccc(F)cc2)c(OC)c1. The maximum Gasteiger partial charge on any atom is 0.336 e. The van der Waals surface area contributed by atoms with E-state index in [1.807, 2.05) is 12.1 Å². The van der Waals surface area contributed by atoms with Crippen LogP contribution in [0.15, 0.2) is 77.5 Å². The highest BCUT2D eigenvalue weighted by Crippen LogP contribution is 2.49. The molecule has 0 radical (unpaired) electrons. The molecule has 0 amide bonds. The zero-order valence-electron chi connectivity index (χ0n) is 20.4. The Kier molecular flexibility index (Phi) is 6.48. The van der Waals surface area contributed by atoms with Crippen LogP contribution in [0.5, 0.6) is 11.5 Å². The predicted octanol–water partition coefficient (Wildman–Crippen LogP) is 5.81. The average Bonchev–Trinajstić information content (AvgIpc) is 3.18. The van der Waals surface area contributed by atoms with Crippen molar-refractivity contribution in [3.63, 3.8) is 0 Å². The number of ether oxygens (including phenoxy) is 3. The van der Waals surface area contributed by atoms with Crippen LogP contribution in [0, 0.1) is 5.82 Å². The fourth-order valence-corrected chi connectivity index (χ4v) is 5.10. The lowest BCUT2D eigenvalue weighted by Gasteiger charge is -2.29. The van der Waals surface area contributed by atoms with Gasteiger partial charge in [0.2, 0.25) is 0 Å². The number of esters is 1. The third-order valence-corrected chi connectivity index (χ3v) is 6.82. The number of methoxy groups -OCH3 is 2. The largest absolute Gasteiger partial charge is 0.493 e. The zero-order valence-corrected chi connectivity index (χ0v) is 21.1. The van der Waals surface area contributed by atoms with Crippen molar-refractivity contribution >= 4 is 29.1 Å². The molecular weight excluding hydrogens is 497 g/mol. The van der Waals surface area contributed by atoms with Crippen LogP contribution >= 0.6 is 11.6 Å². The van der Waals surface area contributed by atoms with E-state index in [2.05, 4.69) is 5.32 Å². The summed E-state index contributed by atoms with van der Waals surface area (Å²) in [6.45, 7) is 1.91. The summed E-state index contributed by atoms with van der Waals surface area (Å²) in [7, 11) is 2.78. The molecule has 0 saturated heterocycles. The quantitative estimate of drug-likeness (QED) is 0.414. The summed E-state index contributed by atoms with van der Waals surface area (Å²) in [6.07, 6.45) is 0. The molecule has 188 valence electrons. The van der Waals surface area contributed by atoms with Crippen LogP contribution in [0.4, 0.5) is 4.39 Å². The Morgan fingerprint density at radius 2 is 1.76 bits per heavy atom. The van der Waals surface area contributed by atoms with Crippen LogP contribution in [-0.2, 0) is 16.1 Å². The van der Waals surface area contributed by atoms with Crippen molar-refractivity contribution in [3.8, 4) is 11.5 Å². The van der Waals surface area contributed by atoms with E-state index in [-0.39, 0.29) is 23.2 Å². The first kappa shape index (κ1) is 24.6. The molecule has 0 spiro atoms. The van der Waals surface area contributed by atoms with Crippen LogP contribution < -0.4 is 14.8 Å². The number of dihydropyridines is 1. The average molecular weight is 520 g/mol. The molecule has 37 heavy (non-hydrogen) atoms. The van der Waals surface area contributed by atoms with Gasteiger partial charge in [-0.15, -0.1) is 0 Å². The molecule has 0 unspecified atom stereocenters. The molecule has 1 aliphatic heterocycles. The van der Waals surface area contributed by atoms with Crippen LogP contribution in [0.25, 0.3) is 5.70 Å². The maximum atomic E-state index is 13.6. The van der Waals surface area contributed by atoms with Gasteiger partial charge in [0, 0.05) is 28.3 Å². The number of carbonyl (C=O) groups excluding carboxylic acids is 2. The molecule has 2 aliphatic rings. The number of benzene rings is 3. The van der Waals surface area contributed by atoms with Crippen LogP contribution in [0.2, 0.25) is 5.02 Å².